The Morgan fingerprint density at radius 2 is 1.94 bits per heavy atom. The molecule has 1 atom stereocenters. The zero-order chi connectivity index (χ0) is 12.7. The minimum absolute atomic E-state index is 0.00697. The van der Waals surface area contributed by atoms with E-state index in [1.54, 1.807) is 0 Å². The smallest absolute Gasteiger partial charge is 0.335 e. The number of benzene rings is 1. The van der Waals surface area contributed by atoms with Crippen molar-refractivity contribution in [1.82, 2.24) is 0 Å². The van der Waals surface area contributed by atoms with Crippen LogP contribution in [0.5, 0.6) is 0 Å². The lowest BCUT2D eigenvalue weighted by Crippen LogP contribution is -2.00. The predicted molar refractivity (Wildman–Crippen MR) is 59.3 cm³/mol. The molecule has 0 heterocycles. The molecule has 0 aromatic heterocycles. The number of carbonyl (C=O) groups is 1. The molecule has 1 aromatic rings. The summed E-state index contributed by atoms with van der Waals surface area (Å²) in [6.07, 6.45) is 0. The maximum atomic E-state index is 10.6. The van der Waals surface area contributed by atoms with E-state index in [9.17, 15) is 4.79 Å². The van der Waals surface area contributed by atoms with Gasteiger partial charge in [0.25, 0.3) is 0 Å². The number of hydrogen-bond acceptors (Lipinski definition) is 3. The molecule has 0 aliphatic carbocycles. The molecule has 8 nitrogen and oxygen atoms in total. The Balaban J connectivity index is 2.98. The van der Waals surface area contributed by atoms with Crippen molar-refractivity contribution in [1.29, 1.82) is 0 Å². The summed E-state index contributed by atoms with van der Waals surface area (Å²) in [4.78, 5) is 15.9. The Hall–Kier alpha value is -2.69. The molecule has 1 unspecified atom stereocenters. The summed E-state index contributed by atoms with van der Waals surface area (Å²) in [5.74, 6) is -1.04. The molecule has 0 aliphatic heterocycles. The first-order valence-electron chi connectivity index (χ1n) is 4.57. The molecule has 0 saturated heterocycles. The largest absolute Gasteiger partial charge is 0.478 e. The average molecular weight is 232 g/mol. The van der Waals surface area contributed by atoms with Gasteiger partial charge in [-0.1, -0.05) is 22.4 Å². The van der Waals surface area contributed by atoms with Crippen LogP contribution < -0.4 is 0 Å². The maximum absolute atomic E-state index is 10.6. The van der Waals surface area contributed by atoms with Crippen LogP contribution in [0.3, 0.4) is 0 Å². The topological polar surface area (TPSA) is 135 Å². The fourth-order valence-corrected chi connectivity index (χ4v) is 1.23. The van der Waals surface area contributed by atoms with Gasteiger partial charge in [0.2, 0.25) is 0 Å². The van der Waals surface area contributed by atoms with Crippen LogP contribution >= 0.6 is 0 Å². The van der Waals surface area contributed by atoms with Crippen molar-refractivity contribution in [3.8, 4) is 0 Å². The highest BCUT2D eigenvalue weighted by Gasteiger charge is 2.09. The van der Waals surface area contributed by atoms with Crippen LogP contribution in [-0.2, 0) is 0 Å². The van der Waals surface area contributed by atoms with E-state index in [4.69, 9.17) is 16.2 Å². The summed E-state index contributed by atoms with van der Waals surface area (Å²) >= 11 is 0. The third-order valence-electron chi connectivity index (χ3n) is 2.05. The molecule has 86 valence electrons. The Kier molecular flexibility index (Phi) is 4.38. The molecule has 1 aromatic carbocycles. The van der Waals surface area contributed by atoms with Crippen LogP contribution in [0.2, 0.25) is 0 Å². The minimum Gasteiger partial charge on any atom is -0.478 e. The fourth-order valence-electron chi connectivity index (χ4n) is 1.23. The zero-order valence-electron chi connectivity index (χ0n) is 8.63. The van der Waals surface area contributed by atoms with Gasteiger partial charge in [-0.25, -0.2) is 4.79 Å². The molecule has 1 N–H and O–H groups in total. The molecule has 0 bridgehead atoms. The first-order valence-corrected chi connectivity index (χ1v) is 4.57. The Labute approximate surface area is 95.7 Å². The molecular formula is C9H8N6O2. The Morgan fingerprint density at radius 1 is 1.29 bits per heavy atom. The van der Waals surface area contributed by atoms with Gasteiger partial charge in [0, 0.05) is 16.4 Å². The van der Waals surface area contributed by atoms with Gasteiger partial charge in [-0.15, -0.1) is 0 Å². The molecule has 0 aliphatic rings. The van der Waals surface area contributed by atoms with E-state index >= 15 is 0 Å². The normalized spacial score (nSPS) is 10.8. The fraction of sp³-hybridized carbons (Fsp3) is 0.222. The van der Waals surface area contributed by atoms with Crippen LogP contribution in [0.1, 0.15) is 22.0 Å². The van der Waals surface area contributed by atoms with Crippen molar-refractivity contribution >= 4 is 5.97 Å². The first-order chi connectivity index (χ1) is 8.19. The second kappa shape index (κ2) is 6.02. The quantitative estimate of drug-likeness (QED) is 0.474. The summed E-state index contributed by atoms with van der Waals surface area (Å²) in [7, 11) is 0. The highest BCUT2D eigenvalue weighted by Crippen LogP contribution is 2.19. The van der Waals surface area contributed by atoms with E-state index in [0.717, 1.165) is 0 Å². The van der Waals surface area contributed by atoms with Gasteiger partial charge in [0.05, 0.1) is 11.6 Å². The summed E-state index contributed by atoms with van der Waals surface area (Å²) in [5.41, 5.74) is 17.3. The summed E-state index contributed by atoms with van der Waals surface area (Å²) in [5, 5.41) is 15.5. The van der Waals surface area contributed by atoms with Crippen LogP contribution in [0, 0.1) is 0 Å². The van der Waals surface area contributed by atoms with Gasteiger partial charge in [-0.3, -0.25) is 0 Å². The molecule has 8 heteroatoms. The van der Waals surface area contributed by atoms with Crippen molar-refractivity contribution in [2.75, 3.05) is 6.54 Å². The standard InChI is InChI=1S/C9H8N6O2/c10-14-12-5-8(13-15-11)6-1-3-7(4-2-6)9(16)17/h1-4,8H,5H2,(H,16,17). The molecule has 1 rings (SSSR count). The monoisotopic (exact) mass is 232 g/mol. The highest BCUT2D eigenvalue weighted by molar-refractivity contribution is 5.87. The molecule has 0 saturated carbocycles. The van der Waals surface area contributed by atoms with E-state index in [0.29, 0.717) is 5.56 Å². The average Bonchev–Trinajstić information content (AvgIpc) is 2.34. The summed E-state index contributed by atoms with van der Waals surface area (Å²) < 4.78 is 0. The number of hydrogen-bond donors (Lipinski definition) is 1. The Bertz CT molecular complexity index is 499. The third kappa shape index (κ3) is 3.42. The Morgan fingerprint density at radius 3 is 2.41 bits per heavy atom. The van der Waals surface area contributed by atoms with Gasteiger partial charge in [0.1, 0.15) is 0 Å². The first kappa shape index (κ1) is 12.4. The van der Waals surface area contributed by atoms with Gasteiger partial charge in [-0.05, 0) is 28.8 Å². The van der Waals surface area contributed by atoms with Crippen molar-refractivity contribution in [2.24, 2.45) is 10.2 Å². The number of azide groups is 2. The zero-order valence-corrected chi connectivity index (χ0v) is 8.63. The van der Waals surface area contributed by atoms with Crippen LogP contribution in [-0.4, -0.2) is 17.6 Å². The third-order valence-corrected chi connectivity index (χ3v) is 2.05. The molecule has 0 radical (unpaired) electrons. The van der Waals surface area contributed by atoms with Crippen molar-refractivity contribution < 1.29 is 9.90 Å². The van der Waals surface area contributed by atoms with Crippen molar-refractivity contribution in [2.45, 2.75) is 6.04 Å². The van der Waals surface area contributed by atoms with Crippen molar-refractivity contribution in [3.63, 3.8) is 0 Å². The van der Waals surface area contributed by atoms with Gasteiger partial charge < -0.3 is 5.11 Å². The summed E-state index contributed by atoms with van der Waals surface area (Å²) in [6.45, 7) is -0.00697. The maximum Gasteiger partial charge on any atom is 0.335 e. The number of carboxylic acid groups (broad SMARTS) is 1. The van der Waals surface area contributed by atoms with E-state index in [1.807, 2.05) is 0 Å². The molecule has 0 spiro atoms. The predicted octanol–water partition coefficient (Wildman–Crippen LogP) is 3.05. The molecule has 17 heavy (non-hydrogen) atoms. The van der Waals surface area contributed by atoms with E-state index in [1.165, 1.54) is 24.3 Å². The lowest BCUT2D eigenvalue weighted by Gasteiger charge is -2.07. The number of nitrogens with zero attached hydrogens (tertiary/aromatic N) is 6. The highest BCUT2D eigenvalue weighted by atomic mass is 16.4. The SMILES string of the molecule is [N-]=[N+]=NCC(N=[N+]=[N-])c1ccc(C(=O)O)cc1. The lowest BCUT2D eigenvalue weighted by molar-refractivity contribution is 0.0697. The van der Waals surface area contributed by atoms with E-state index in [-0.39, 0.29) is 12.1 Å². The molecule has 0 amide bonds. The van der Waals surface area contributed by atoms with Gasteiger partial charge >= 0.3 is 5.97 Å². The number of aromatic carboxylic acids is 1. The van der Waals surface area contributed by atoms with Gasteiger partial charge in [0.15, 0.2) is 0 Å². The molecule has 0 fully saturated rings. The van der Waals surface area contributed by atoms with Crippen molar-refractivity contribution in [3.05, 3.63) is 56.3 Å². The number of carboxylic acids is 1. The number of rotatable bonds is 5. The van der Waals surface area contributed by atoms with Crippen LogP contribution in [0.4, 0.5) is 0 Å². The molecular weight excluding hydrogens is 224 g/mol. The second-order valence-corrected chi connectivity index (χ2v) is 3.06. The van der Waals surface area contributed by atoms with E-state index in [2.05, 4.69) is 20.1 Å². The van der Waals surface area contributed by atoms with E-state index < -0.39 is 12.0 Å². The minimum atomic E-state index is -1.04. The second-order valence-electron chi connectivity index (χ2n) is 3.06. The van der Waals surface area contributed by atoms with Crippen LogP contribution in [0.25, 0.3) is 20.9 Å². The van der Waals surface area contributed by atoms with Crippen LogP contribution in [0.15, 0.2) is 34.5 Å². The summed E-state index contributed by atoms with van der Waals surface area (Å²) in [6, 6.07) is 5.21. The van der Waals surface area contributed by atoms with Gasteiger partial charge in [-0.2, -0.15) is 0 Å². The lowest BCUT2D eigenvalue weighted by atomic mass is 10.1.